The van der Waals surface area contributed by atoms with Crippen LogP contribution in [-0.4, -0.2) is 21.6 Å². The van der Waals surface area contributed by atoms with Gasteiger partial charge in [-0.3, -0.25) is 9.78 Å². The number of halogens is 3. The molecule has 1 aromatic carbocycles. The van der Waals surface area contributed by atoms with E-state index in [-0.39, 0.29) is 15.6 Å². The van der Waals surface area contributed by atoms with Gasteiger partial charge >= 0.3 is 0 Å². The molecule has 2 atom stereocenters. The summed E-state index contributed by atoms with van der Waals surface area (Å²) < 4.78 is 0.678. The van der Waals surface area contributed by atoms with Gasteiger partial charge in [-0.15, -0.1) is 11.3 Å². The summed E-state index contributed by atoms with van der Waals surface area (Å²) in [5.74, 6) is -1.65. The van der Waals surface area contributed by atoms with Crippen molar-refractivity contribution < 1.29 is 9.90 Å². The molecule has 0 aliphatic rings. The summed E-state index contributed by atoms with van der Waals surface area (Å²) in [6.45, 7) is 0. The van der Waals surface area contributed by atoms with E-state index in [1.165, 1.54) is 18.3 Å². The van der Waals surface area contributed by atoms with Crippen molar-refractivity contribution in [3.63, 3.8) is 0 Å². The molecule has 0 fully saturated rings. The molecule has 138 valence electrons. The summed E-state index contributed by atoms with van der Waals surface area (Å²) in [5.41, 5.74) is 0.900. The van der Waals surface area contributed by atoms with E-state index >= 15 is 0 Å². The van der Waals surface area contributed by atoms with E-state index in [2.05, 4.69) is 4.98 Å². The SMILES string of the molecule is N=C(c1cc(Cl)sc1Cl)C(C(=O)c1cccc(Cl)c1)C(O)c1cccnc1. The first-order valence-electron chi connectivity index (χ1n) is 7.80. The fourth-order valence-corrected chi connectivity index (χ4v) is 4.37. The molecule has 2 heterocycles. The monoisotopic (exact) mass is 438 g/mol. The molecule has 0 amide bonds. The summed E-state index contributed by atoms with van der Waals surface area (Å²) in [6.07, 6.45) is 1.73. The predicted molar refractivity (Wildman–Crippen MR) is 110 cm³/mol. The van der Waals surface area contributed by atoms with Crippen LogP contribution in [0.25, 0.3) is 0 Å². The smallest absolute Gasteiger partial charge is 0.174 e. The standard InChI is InChI=1S/C19H13Cl3N2O2S/c20-12-5-1-3-10(7-12)17(25)15(18(26)11-4-2-6-24-9-11)16(23)13-8-14(21)27-19(13)22/h1-9,15,18,23,26H. The van der Waals surface area contributed by atoms with E-state index < -0.39 is 17.8 Å². The van der Waals surface area contributed by atoms with Crippen LogP contribution in [0.2, 0.25) is 13.7 Å². The lowest BCUT2D eigenvalue weighted by Gasteiger charge is -2.23. The lowest BCUT2D eigenvalue weighted by molar-refractivity contribution is 0.0793. The number of aliphatic hydroxyl groups excluding tert-OH is 1. The highest BCUT2D eigenvalue weighted by atomic mass is 35.5. The van der Waals surface area contributed by atoms with Gasteiger partial charge in [-0.1, -0.05) is 53.0 Å². The first-order valence-corrected chi connectivity index (χ1v) is 9.75. The number of carbonyl (C=O) groups excluding carboxylic acids is 1. The van der Waals surface area contributed by atoms with Crippen molar-refractivity contribution in [1.29, 1.82) is 5.41 Å². The van der Waals surface area contributed by atoms with E-state index in [0.717, 1.165) is 11.3 Å². The van der Waals surface area contributed by atoms with Gasteiger partial charge in [0.25, 0.3) is 0 Å². The van der Waals surface area contributed by atoms with Crippen molar-refractivity contribution >= 4 is 57.6 Å². The number of hydrogen-bond donors (Lipinski definition) is 2. The maximum atomic E-state index is 13.2. The zero-order valence-electron chi connectivity index (χ0n) is 13.7. The van der Waals surface area contributed by atoms with E-state index in [4.69, 9.17) is 40.2 Å². The number of hydrogen-bond acceptors (Lipinski definition) is 5. The maximum absolute atomic E-state index is 13.2. The molecular weight excluding hydrogens is 427 g/mol. The Kier molecular flexibility index (Phi) is 6.29. The van der Waals surface area contributed by atoms with Crippen LogP contribution in [0.5, 0.6) is 0 Å². The summed E-state index contributed by atoms with van der Waals surface area (Å²) in [5, 5.41) is 19.9. The van der Waals surface area contributed by atoms with Crippen LogP contribution in [0.3, 0.4) is 0 Å². The minimum atomic E-state index is -1.28. The quantitative estimate of drug-likeness (QED) is 0.382. The van der Waals surface area contributed by atoms with E-state index in [1.54, 1.807) is 36.5 Å². The summed E-state index contributed by atoms with van der Waals surface area (Å²) >= 11 is 19.3. The molecule has 4 nitrogen and oxygen atoms in total. The van der Waals surface area contributed by atoms with Gasteiger partial charge in [-0.25, -0.2) is 0 Å². The van der Waals surface area contributed by atoms with Gasteiger partial charge in [0, 0.05) is 28.5 Å². The molecule has 2 unspecified atom stereocenters. The third kappa shape index (κ3) is 4.39. The van der Waals surface area contributed by atoms with Crippen LogP contribution in [0.15, 0.2) is 54.9 Å². The lowest BCUT2D eigenvalue weighted by Crippen LogP contribution is -2.30. The second-order valence-electron chi connectivity index (χ2n) is 5.74. The molecule has 0 spiro atoms. The molecule has 0 radical (unpaired) electrons. The number of nitrogens with one attached hydrogen (secondary N) is 1. The number of nitrogens with zero attached hydrogens (tertiary/aromatic N) is 1. The number of rotatable bonds is 6. The molecule has 0 aliphatic carbocycles. The lowest BCUT2D eigenvalue weighted by atomic mass is 9.83. The number of aliphatic hydroxyl groups is 1. The highest BCUT2D eigenvalue weighted by molar-refractivity contribution is 7.20. The Morgan fingerprint density at radius 1 is 1.15 bits per heavy atom. The van der Waals surface area contributed by atoms with Crippen LogP contribution in [-0.2, 0) is 0 Å². The Morgan fingerprint density at radius 3 is 2.52 bits per heavy atom. The molecule has 2 aromatic heterocycles. The number of ketones is 1. The van der Waals surface area contributed by atoms with E-state index in [1.807, 2.05) is 0 Å². The van der Waals surface area contributed by atoms with Gasteiger partial charge in [0.2, 0.25) is 0 Å². The van der Waals surface area contributed by atoms with Crippen LogP contribution in [0, 0.1) is 11.3 Å². The third-order valence-electron chi connectivity index (χ3n) is 3.99. The summed E-state index contributed by atoms with van der Waals surface area (Å²) in [7, 11) is 0. The molecule has 0 saturated carbocycles. The molecule has 0 saturated heterocycles. The van der Waals surface area contributed by atoms with Crippen molar-refractivity contribution in [2.24, 2.45) is 5.92 Å². The third-order valence-corrected chi connectivity index (χ3v) is 5.71. The van der Waals surface area contributed by atoms with Gasteiger partial charge < -0.3 is 10.5 Å². The van der Waals surface area contributed by atoms with Gasteiger partial charge in [0.05, 0.1) is 22.1 Å². The number of Topliss-reactive ketones (excluding diaryl/α,β-unsaturated/α-hetero) is 1. The first kappa shape index (κ1) is 20.0. The molecule has 3 rings (SSSR count). The number of thiophene rings is 1. The average Bonchev–Trinajstić information content (AvgIpc) is 3.00. The largest absolute Gasteiger partial charge is 0.387 e. The highest BCUT2D eigenvalue weighted by Gasteiger charge is 2.35. The summed E-state index contributed by atoms with van der Waals surface area (Å²) in [4.78, 5) is 17.2. The topological polar surface area (TPSA) is 74.0 Å². The van der Waals surface area contributed by atoms with E-state index in [9.17, 15) is 9.90 Å². The molecular formula is C19H13Cl3N2O2S. The number of aromatic nitrogens is 1. The predicted octanol–water partition coefficient (Wildman–Crippen LogP) is 5.70. The van der Waals surface area contributed by atoms with Gasteiger partial charge in [0.1, 0.15) is 4.34 Å². The van der Waals surface area contributed by atoms with Crippen molar-refractivity contribution in [3.8, 4) is 0 Å². The number of carbonyl (C=O) groups is 1. The van der Waals surface area contributed by atoms with Crippen molar-refractivity contribution in [3.05, 3.63) is 85.2 Å². The Balaban J connectivity index is 2.07. The second kappa shape index (κ2) is 8.50. The molecule has 0 aliphatic heterocycles. The van der Waals surface area contributed by atoms with Crippen molar-refractivity contribution in [2.75, 3.05) is 0 Å². The molecule has 2 N–H and O–H groups in total. The Labute approximate surface area is 174 Å². The zero-order chi connectivity index (χ0) is 19.6. The molecule has 27 heavy (non-hydrogen) atoms. The molecule has 8 heteroatoms. The maximum Gasteiger partial charge on any atom is 0.174 e. The Hall–Kier alpha value is -1.76. The Morgan fingerprint density at radius 2 is 1.93 bits per heavy atom. The Bertz CT molecular complexity index is 992. The van der Waals surface area contributed by atoms with Crippen molar-refractivity contribution in [2.45, 2.75) is 6.10 Å². The number of benzene rings is 1. The minimum absolute atomic E-state index is 0.121. The summed E-state index contributed by atoms with van der Waals surface area (Å²) in [6, 6.07) is 11.2. The van der Waals surface area contributed by atoms with Gasteiger partial charge in [-0.05, 0) is 29.8 Å². The average molecular weight is 440 g/mol. The minimum Gasteiger partial charge on any atom is -0.387 e. The number of pyridine rings is 1. The van der Waals surface area contributed by atoms with Crippen LogP contribution < -0.4 is 0 Å². The van der Waals surface area contributed by atoms with Crippen LogP contribution in [0.1, 0.15) is 27.6 Å². The van der Waals surface area contributed by atoms with Gasteiger partial charge in [-0.2, -0.15) is 0 Å². The van der Waals surface area contributed by atoms with Crippen LogP contribution >= 0.6 is 46.1 Å². The fraction of sp³-hybridized carbons (Fsp3) is 0.105. The fourth-order valence-electron chi connectivity index (χ4n) is 2.69. The normalized spacial score (nSPS) is 13.2. The van der Waals surface area contributed by atoms with E-state index in [0.29, 0.717) is 20.5 Å². The zero-order valence-corrected chi connectivity index (χ0v) is 16.8. The first-order chi connectivity index (χ1) is 12.9. The molecule has 3 aromatic rings. The highest BCUT2D eigenvalue weighted by Crippen LogP contribution is 2.36. The molecule has 0 bridgehead atoms. The van der Waals surface area contributed by atoms with Crippen LogP contribution in [0.4, 0.5) is 0 Å². The van der Waals surface area contributed by atoms with Crippen molar-refractivity contribution in [1.82, 2.24) is 4.98 Å². The second-order valence-corrected chi connectivity index (χ2v) is 8.46. The van der Waals surface area contributed by atoms with Gasteiger partial charge in [0.15, 0.2) is 5.78 Å².